The molecule has 2 rings (SSSR count). The number of nitrogens with one attached hydrogen (secondary N) is 1. The van der Waals surface area contributed by atoms with E-state index in [1.807, 2.05) is 0 Å². The van der Waals surface area contributed by atoms with Crippen molar-refractivity contribution in [1.82, 2.24) is 5.32 Å². The van der Waals surface area contributed by atoms with Crippen LogP contribution in [0.2, 0.25) is 0 Å². The van der Waals surface area contributed by atoms with E-state index in [9.17, 15) is 0 Å². The first-order chi connectivity index (χ1) is 7.90. The second-order valence-electron chi connectivity index (χ2n) is 5.03. The van der Waals surface area contributed by atoms with Crippen LogP contribution in [0.15, 0.2) is 0 Å². The topological polar surface area (TPSA) is 30.5 Å². The van der Waals surface area contributed by atoms with E-state index in [2.05, 4.69) is 12.2 Å². The van der Waals surface area contributed by atoms with Crippen molar-refractivity contribution in [2.45, 2.75) is 51.2 Å². The third-order valence-corrected chi connectivity index (χ3v) is 3.53. The lowest BCUT2D eigenvalue weighted by Crippen LogP contribution is -2.36. The molecule has 1 aliphatic heterocycles. The molecule has 0 aromatic heterocycles. The van der Waals surface area contributed by atoms with Crippen molar-refractivity contribution in [2.24, 2.45) is 5.92 Å². The van der Waals surface area contributed by atoms with Crippen LogP contribution < -0.4 is 5.32 Å². The van der Waals surface area contributed by atoms with Gasteiger partial charge in [0, 0.05) is 12.6 Å². The quantitative estimate of drug-likeness (QED) is 0.721. The van der Waals surface area contributed by atoms with E-state index in [1.54, 1.807) is 0 Å². The zero-order valence-electron chi connectivity index (χ0n) is 10.4. The number of rotatable bonds is 7. The van der Waals surface area contributed by atoms with Gasteiger partial charge >= 0.3 is 0 Å². The second-order valence-corrected chi connectivity index (χ2v) is 5.03. The summed E-state index contributed by atoms with van der Waals surface area (Å²) in [5.74, 6) is 0.868. The van der Waals surface area contributed by atoms with Gasteiger partial charge in [-0.2, -0.15) is 0 Å². The Hall–Kier alpha value is -0.120. The Kier molecular flexibility index (Phi) is 5.07. The van der Waals surface area contributed by atoms with Gasteiger partial charge in [0.2, 0.25) is 0 Å². The first-order valence-electron chi connectivity index (χ1n) is 6.83. The smallest absolute Gasteiger partial charge is 0.0808 e. The van der Waals surface area contributed by atoms with Gasteiger partial charge in [-0.15, -0.1) is 0 Å². The highest BCUT2D eigenvalue weighted by Gasteiger charge is 2.30. The number of hydrogen-bond acceptors (Lipinski definition) is 3. The summed E-state index contributed by atoms with van der Waals surface area (Å²) in [6, 6.07) is 0.577. The maximum absolute atomic E-state index is 5.80. The van der Waals surface area contributed by atoms with Gasteiger partial charge in [0.1, 0.15) is 0 Å². The molecule has 3 nitrogen and oxygen atoms in total. The molecule has 2 aliphatic rings. The summed E-state index contributed by atoms with van der Waals surface area (Å²) in [4.78, 5) is 0. The van der Waals surface area contributed by atoms with E-state index in [0.717, 1.165) is 32.3 Å². The Morgan fingerprint density at radius 2 is 2.19 bits per heavy atom. The Labute approximate surface area is 98.9 Å². The number of likely N-dealkylation sites (N-methyl/N-ethyl adjacent to an activating group) is 1. The van der Waals surface area contributed by atoms with Crippen molar-refractivity contribution in [3.05, 3.63) is 0 Å². The van der Waals surface area contributed by atoms with E-state index in [4.69, 9.17) is 9.47 Å². The van der Waals surface area contributed by atoms with Crippen LogP contribution in [-0.2, 0) is 9.47 Å². The van der Waals surface area contributed by atoms with E-state index in [-0.39, 0.29) is 0 Å². The fourth-order valence-corrected chi connectivity index (χ4v) is 2.39. The van der Waals surface area contributed by atoms with E-state index >= 15 is 0 Å². The molecular weight excluding hydrogens is 202 g/mol. The molecule has 0 radical (unpaired) electrons. The van der Waals surface area contributed by atoms with Crippen LogP contribution in [0.25, 0.3) is 0 Å². The van der Waals surface area contributed by atoms with Crippen LogP contribution in [0.4, 0.5) is 0 Å². The molecule has 16 heavy (non-hydrogen) atoms. The SMILES string of the molecule is CCNC(COCC1CCCCO1)C1CC1. The van der Waals surface area contributed by atoms with Crippen LogP contribution in [0.3, 0.4) is 0 Å². The van der Waals surface area contributed by atoms with Gasteiger partial charge in [-0.25, -0.2) is 0 Å². The summed E-state index contributed by atoms with van der Waals surface area (Å²) in [6.45, 7) is 5.78. The fourth-order valence-electron chi connectivity index (χ4n) is 2.39. The van der Waals surface area contributed by atoms with Gasteiger partial charge in [0.05, 0.1) is 19.3 Å². The van der Waals surface area contributed by atoms with Crippen LogP contribution in [0, 0.1) is 5.92 Å². The zero-order valence-corrected chi connectivity index (χ0v) is 10.4. The number of hydrogen-bond donors (Lipinski definition) is 1. The predicted octanol–water partition coefficient (Wildman–Crippen LogP) is 1.96. The first-order valence-corrected chi connectivity index (χ1v) is 6.83. The predicted molar refractivity (Wildman–Crippen MR) is 64.6 cm³/mol. The average molecular weight is 227 g/mol. The summed E-state index contributed by atoms with van der Waals surface area (Å²) in [7, 11) is 0. The van der Waals surface area contributed by atoms with Crippen LogP contribution in [0.5, 0.6) is 0 Å². The first kappa shape index (κ1) is 12.3. The molecule has 2 atom stereocenters. The Morgan fingerprint density at radius 3 is 2.81 bits per heavy atom. The molecule has 0 spiro atoms. The molecule has 1 aliphatic carbocycles. The minimum absolute atomic E-state index is 0.357. The highest BCUT2D eigenvalue weighted by atomic mass is 16.5. The average Bonchev–Trinajstić information content (AvgIpc) is 3.13. The van der Waals surface area contributed by atoms with Crippen LogP contribution >= 0.6 is 0 Å². The van der Waals surface area contributed by atoms with E-state index in [0.29, 0.717) is 12.1 Å². The largest absolute Gasteiger partial charge is 0.377 e. The van der Waals surface area contributed by atoms with Gasteiger partial charge in [-0.3, -0.25) is 0 Å². The molecule has 3 heteroatoms. The fraction of sp³-hybridized carbons (Fsp3) is 1.00. The van der Waals surface area contributed by atoms with Gasteiger partial charge in [0.25, 0.3) is 0 Å². The summed E-state index contributed by atoms with van der Waals surface area (Å²) in [6.07, 6.45) is 6.80. The molecule has 0 aromatic rings. The maximum Gasteiger partial charge on any atom is 0.0808 e. The third kappa shape index (κ3) is 4.04. The molecule has 0 bridgehead atoms. The third-order valence-electron chi connectivity index (χ3n) is 3.53. The standard InChI is InChI=1S/C13H25NO2/c1-2-14-13(11-6-7-11)10-15-9-12-5-3-4-8-16-12/h11-14H,2-10H2,1H3. The lowest BCUT2D eigenvalue weighted by molar-refractivity contribution is -0.0449. The molecule has 0 amide bonds. The maximum atomic E-state index is 5.80. The van der Waals surface area contributed by atoms with Crippen LogP contribution in [0.1, 0.15) is 39.0 Å². The minimum atomic E-state index is 0.357. The van der Waals surface area contributed by atoms with Gasteiger partial charge in [0.15, 0.2) is 0 Å². The summed E-state index contributed by atoms with van der Waals surface area (Å²) >= 11 is 0. The zero-order chi connectivity index (χ0) is 11.2. The molecular formula is C13H25NO2. The van der Waals surface area contributed by atoms with Crippen molar-refractivity contribution < 1.29 is 9.47 Å². The Morgan fingerprint density at radius 1 is 1.31 bits per heavy atom. The van der Waals surface area contributed by atoms with Crippen molar-refractivity contribution >= 4 is 0 Å². The van der Waals surface area contributed by atoms with Gasteiger partial charge < -0.3 is 14.8 Å². The van der Waals surface area contributed by atoms with Crippen molar-refractivity contribution in [1.29, 1.82) is 0 Å². The van der Waals surface area contributed by atoms with Crippen molar-refractivity contribution in [3.63, 3.8) is 0 Å². The monoisotopic (exact) mass is 227 g/mol. The van der Waals surface area contributed by atoms with Gasteiger partial charge in [-0.05, 0) is 44.6 Å². The highest BCUT2D eigenvalue weighted by molar-refractivity contribution is 4.86. The molecule has 0 aromatic carbocycles. The van der Waals surface area contributed by atoms with Crippen molar-refractivity contribution in [2.75, 3.05) is 26.4 Å². The van der Waals surface area contributed by atoms with Crippen LogP contribution in [-0.4, -0.2) is 38.5 Å². The molecule has 1 N–H and O–H groups in total. The molecule has 1 heterocycles. The molecule has 1 saturated carbocycles. The molecule has 94 valence electrons. The minimum Gasteiger partial charge on any atom is -0.377 e. The normalized spacial score (nSPS) is 27.9. The summed E-state index contributed by atoms with van der Waals surface area (Å²) in [5, 5.41) is 3.52. The van der Waals surface area contributed by atoms with E-state index in [1.165, 1.54) is 32.1 Å². The number of ether oxygens (including phenoxy) is 2. The summed E-state index contributed by atoms with van der Waals surface area (Å²) in [5.41, 5.74) is 0. The Balaban J connectivity index is 1.57. The lowest BCUT2D eigenvalue weighted by Gasteiger charge is -2.24. The van der Waals surface area contributed by atoms with Gasteiger partial charge in [-0.1, -0.05) is 6.92 Å². The molecule has 2 unspecified atom stereocenters. The Bertz CT molecular complexity index is 188. The second kappa shape index (κ2) is 6.58. The lowest BCUT2D eigenvalue weighted by atomic mass is 10.1. The summed E-state index contributed by atoms with van der Waals surface area (Å²) < 4.78 is 11.5. The van der Waals surface area contributed by atoms with Crippen molar-refractivity contribution in [3.8, 4) is 0 Å². The molecule has 2 fully saturated rings. The molecule has 1 saturated heterocycles. The highest BCUT2D eigenvalue weighted by Crippen LogP contribution is 2.32. The van der Waals surface area contributed by atoms with E-state index < -0.39 is 0 Å².